The molecule has 0 saturated carbocycles. The van der Waals surface area contributed by atoms with Gasteiger partial charge in [0, 0.05) is 25.5 Å². The fourth-order valence-corrected chi connectivity index (χ4v) is 2.14. The van der Waals surface area contributed by atoms with Crippen LogP contribution in [0.4, 0.5) is 0 Å². The number of rotatable bonds is 2. The van der Waals surface area contributed by atoms with Gasteiger partial charge in [-0.25, -0.2) is 0 Å². The highest BCUT2D eigenvalue weighted by Crippen LogP contribution is 2.27. The first-order valence-electron chi connectivity index (χ1n) is 6.15. The predicted molar refractivity (Wildman–Crippen MR) is 66.7 cm³/mol. The lowest BCUT2D eigenvalue weighted by molar-refractivity contribution is 0.0568. The van der Waals surface area contributed by atoms with Crippen LogP contribution in [0.2, 0.25) is 0 Å². The molecule has 0 N–H and O–H groups in total. The van der Waals surface area contributed by atoms with Crippen LogP contribution < -0.4 is 0 Å². The molecule has 2 aromatic rings. The summed E-state index contributed by atoms with van der Waals surface area (Å²) in [5.41, 5.74) is 1.60. The monoisotopic (exact) mass is 258 g/mol. The maximum absolute atomic E-state index is 12.2. The quantitative estimate of drug-likeness (QED) is 0.812. The zero-order valence-electron chi connectivity index (χ0n) is 10.8. The molecule has 2 aromatic heterocycles. The Kier molecular flexibility index (Phi) is 2.77. The summed E-state index contributed by atoms with van der Waals surface area (Å²) in [6.45, 7) is 4.94. The van der Waals surface area contributed by atoms with Crippen LogP contribution >= 0.6 is 0 Å². The van der Waals surface area contributed by atoms with Gasteiger partial charge in [0.05, 0.1) is 11.5 Å². The molecule has 0 radical (unpaired) electrons. The Balaban J connectivity index is 1.68. The van der Waals surface area contributed by atoms with Crippen LogP contribution in [-0.2, 0) is 0 Å². The van der Waals surface area contributed by atoms with Gasteiger partial charge in [-0.05, 0) is 25.5 Å². The fourth-order valence-electron chi connectivity index (χ4n) is 2.14. The average molecular weight is 258 g/mol. The van der Waals surface area contributed by atoms with Crippen LogP contribution in [0, 0.1) is 13.8 Å². The number of hydrogen-bond donors (Lipinski definition) is 0. The van der Waals surface area contributed by atoms with Gasteiger partial charge in [0.2, 0.25) is 5.89 Å². The van der Waals surface area contributed by atoms with Gasteiger partial charge in [0.25, 0.3) is 5.91 Å². The summed E-state index contributed by atoms with van der Waals surface area (Å²) in [5, 5.41) is 3.76. The van der Waals surface area contributed by atoms with Gasteiger partial charge >= 0.3 is 0 Å². The summed E-state index contributed by atoms with van der Waals surface area (Å²) in [5.74, 6) is 1.41. The minimum absolute atomic E-state index is 0.0121. The van der Waals surface area contributed by atoms with Crippen LogP contribution in [0.3, 0.4) is 0 Å². The molecule has 0 bridgehead atoms. The Bertz CT molecular complexity index is 617. The zero-order valence-corrected chi connectivity index (χ0v) is 10.8. The first-order valence-corrected chi connectivity index (χ1v) is 6.15. The third-order valence-electron chi connectivity index (χ3n) is 3.33. The molecule has 1 aliphatic rings. The highest BCUT2D eigenvalue weighted by Gasteiger charge is 2.36. The van der Waals surface area contributed by atoms with Gasteiger partial charge in [-0.1, -0.05) is 5.16 Å². The molecule has 19 heavy (non-hydrogen) atoms. The van der Waals surface area contributed by atoms with E-state index >= 15 is 0 Å². The number of carbonyl (C=O) groups excluding carboxylic acids is 1. The van der Waals surface area contributed by atoms with Crippen molar-refractivity contribution in [1.82, 2.24) is 20.0 Å². The van der Waals surface area contributed by atoms with E-state index in [2.05, 4.69) is 15.1 Å². The van der Waals surface area contributed by atoms with Crippen molar-refractivity contribution in [2.24, 2.45) is 0 Å². The normalized spacial score (nSPS) is 15.4. The number of hydrogen-bond acceptors (Lipinski definition) is 5. The Morgan fingerprint density at radius 2 is 2.21 bits per heavy atom. The van der Waals surface area contributed by atoms with Gasteiger partial charge in [-0.3, -0.25) is 9.78 Å². The second-order valence-electron chi connectivity index (χ2n) is 4.78. The van der Waals surface area contributed by atoms with Crippen molar-refractivity contribution in [3.63, 3.8) is 0 Å². The van der Waals surface area contributed by atoms with Crippen molar-refractivity contribution >= 4 is 5.91 Å². The van der Waals surface area contributed by atoms with Crippen molar-refractivity contribution in [3.8, 4) is 0 Å². The summed E-state index contributed by atoms with van der Waals surface area (Å²) < 4.78 is 5.11. The second-order valence-corrected chi connectivity index (χ2v) is 4.78. The van der Waals surface area contributed by atoms with E-state index in [0.29, 0.717) is 30.4 Å². The van der Waals surface area contributed by atoms with E-state index in [1.807, 2.05) is 13.0 Å². The van der Waals surface area contributed by atoms with Crippen molar-refractivity contribution < 1.29 is 9.32 Å². The molecule has 0 aliphatic carbocycles. The van der Waals surface area contributed by atoms with Crippen molar-refractivity contribution in [2.75, 3.05) is 13.1 Å². The van der Waals surface area contributed by atoms with Crippen LogP contribution in [0.25, 0.3) is 0 Å². The van der Waals surface area contributed by atoms with Crippen LogP contribution in [-0.4, -0.2) is 39.0 Å². The van der Waals surface area contributed by atoms with E-state index in [-0.39, 0.29) is 11.8 Å². The number of amides is 1. The first-order chi connectivity index (χ1) is 9.15. The molecule has 1 fully saturated rings. The van der Waals surface area contributed by atoms with Crippen molar-refractivity contribution in [2.45, 2.75) is 19.8 Å². The maximum atomic E-state index is 12.2. The Morgan fingerprint density at radius 1 is 1.42 bits per heavy atom. The summed E-state index contributed by atoms with van der Waals surface area (Å²) in [7, 11) is 0. The molecule has 3 heterocycles. The molecule has 0 atom stereocenters. The molecule has 6 nitrogen and oxygen atoms in total. The molecule has 1 saturated heterocycles. The molecule has 1 amide bonds. The van der Waals surface area contributed by atoms with Crippen LogP contribution in [0.1, 0.15) is 33.6 Å². The predicted octanol–water partition coefficient (Wildman–Crippen LogP) is 1.32. The number of pyridine rings is 1. The van der Waals surface area contributed by atoms with E-state index in [0.717, 1.165) is 5.56 Å². The summed E-state index contributed by atoms with van der Waals surface area (Å²) in [4.78, 5) is 22.2. The highest BCUT2D eigenvalue weighted by atomic mass is 16.5. The van der Waals surface area contributed by atoms with E-state index in [4.69, 9.17) is 4.52 Å². The second kappa shape index (κ2) is 4.46. The smallest absolute Gasteiger partial charge is 0.255 e. The van der Waals surface area contributed by atoms with Gasteiger partial charge < -0.3 is 9.42 Å². The minimum atomic E-state index is 0.0121. The lowest BCUT2D eigenvalue weighted by Crippen LogP contribution is -2.48. The standard InChI is InChI=1S/C13H14N4O2/c1-8-3-4-14-5-11(8)13(18)17-6-10(7-17)12-15-9(2)16-19-12/h3-5,10H,6-7H2,1-2H3. The lowest BCUT2D eigenvalue weighted by atomic mass is 9.98. The highest BCUT2D eigenvalue weighted by molar-refractivity contribution is 5.95. The first kappa shape index (κ1) is 11.8. The molecule has 98 valence electrons. The number of aryl methyl sites for hydroxylation is 2. The average Bonchev–Trinajstić information content (AvgIpc) is 2.74. The minimum Gasteiger partial charge on any atom is -0.339 e. The molecular formula is C13H14N4O2. The molecular weight excluding hydrogens is 244 g/mol. The Labute approximate surface area is 110 Å². The molecule has 6 heteroatoms. The molecule has 1 aliphatic heterocycles. The Hall–Kier alpha value is -2.24. The van der Waals surface area contributed by atoms with Crippen LogP contribution in [0.15, 0.2) is 23.0 Å². The Morgan fingerprint density at radius 3 is 2.84 bits per heavy atom. The van der Waals surface area contributed by atoms with E-state index < -0.39 is 0 Å². The van der Waals surface area contributed by atoms with E-state index in [9.17, 15) is 4.79 Å². The van der Waals surface area contributed by atoms with E-state index in [1.54, 1.807) is 24.2 Å². The van der Waals surface area contributed by atoms with Crippen molar-refractivity contribution in [1.29, 1.82) is 0 Å². The number of nitrogens with zero attached hydrogens (tertiary/aromatic N) is 4. The summed E-state index contributed by atoms with van der Waals surface area (Å²) in [6, 6.07) is 1.84. The lowest BCUT2D eigenvalue weighted by Gasteiger charge is -2.37. The molecule has 0 spiro atoms. The number of likely N-dealkylation sites (tertiary alicyclic amines) is 1. The van der Waals surface area contributed by atoms with E-state index in [1.165, 1.54) is 0 Å². The topological polar surface area (TPSA) is 72.1 Å². The third-order valence-corrected chi connectivity index (χ3v) is 3.33. The van der Waals surface area contributed by atoms with Gasteiger partial charge in [-0.15, -0.1) is 0 Å². The van der Waals surface area contributed by atoms with Gasteiger partial charge in [0.1, 0.15) is 0 Å². The molecule has 0 aromatic carbocycles. The third kappa shape index (κ3) is 2.09. The summed E-state index contributed by atoms with van der Waals surface area (Å²) in [6.07, 6.45) is 3.30. The fraction of sp³-hybridized carbons (Fsp3) is 0.385. The SMILES string of the molecule is Cc1noc(C2CN(C(=O)c3cnccc3C)C2)n1. The van der Waals surface area contributed by atoms with Crippen LogP contribution in [0.5, 0.6) is 0 Å². The van der Waals surface area contributed by atoms with Crippen molar-refractivity contribution in [3.05, 3.63) is 41.3 Å². The molecule has 3 rings (SSSR count). The number of carbonyl (C=O) groups is 1. The summed E-state index contributed by atoms with van der Waals surface area (Å²) >= 11 is 0. The maximum Gasteiger partial charge on any atom is 0.255 e. The van der Waals surface area contributed by atoms with Gasteiger partial charge in [-0.2, -0.15) is 4.98 Å². The molecule has 0 unspecified atom stereocenters. The number of aromatic nitrogens is 3. The van der Waals surface area contributed by atoms with Gasteiger partial charge in [0.15, 0.2) is 5.82 Å². The zero-order chi connectivity index (χ0) is 13.4. The largest absolute Gasteiger partial charge is 0.339 e.